The van der Waals surface area contributed by atoms with E-state index in [0.29, 0.717) is 23.5 Å². The number of hydrogen-bond donors (Lipinski definition) is 0. The van der Waals surface area contributed by atoms with Crippen LogP contribution in [0.1, 0.15) is 71.3 Å². The first-order valence-corrected chi connectivity index (χ1v) is 12.5. The van der Waals surface area contributed by atoms with Crippen molar-refractivity contribution in [2.24, 2.45) is 28.6 Å². The standard InChI is InChI=1S/C29H36O4/c1-18(30)33-23-11-13-28(2)21(17-23)7-10-24-25(28)12-14-29(3)26(24)16-20(27(29)31)15-19-5-8-22(32-4)9-6-19/h5-9,15,23-26H,10-14,16-17H2,1-4H3. The lowest BCUT2D eigenvalue weighted by Gasteiger charge is -2.56. The minimum absolute atomic E-state index is 0.0272. The molecule has 4 heteroatoms. The van der Waals surface area contributed by atoms with E-state index in [1.54, 1.807) is 7.11 Å². The molecule has 33 heavy (non-hydrogen) atoms. The van der Waals surface area contributed by atoms with Gasteiger partial charge >= 0.3 is 5.97 Å². The van der Waals surface area contributed by atoms with E-state index in [1.165, 1.54) is 12.5 Å². The second-order valence-corrected chi connectivity index (χ2v) is 11.2. The molecule has 4 aliphatic carbocycles. The predicted molar refractivity (Wildman–Crippen MR) is 129 cm³/mol. The van der Waals surface area contributed by atoms with Crippen LogP contribution in [0.15, 0.2) is 41.5 Å². The summed E-state index contributed by atoms with van der Waals surface area (Å²) < 4.78 is 10.8. The lowest BCUT2D eigenvalue weighted by atomic mass is 9.48. The molecule has 0 radical (unpaired) electrons. The third kappa shape index (κ3) is 3.66. The van der Waals surface area contributed by atoms with E-state index in [0.717, 1.165) is 61.8 Å². The van der Waals surface area contributed by atoms with Crippen LogP contribution < -0.4 is 4.74 Å². The Labute approximate surface area is 197 Å². The topological polar surface area (TPSA) is 52.6 Å². The quantitative estimate of drug-likeness (QED) is 0.316. The van der Waals surface area contributed by atoms with Crippen LogP contribution in [0.2, 0.25) is 0 Å². The molecule has 0 spiro atoms. The van der Waals surface area contributed by atoms with Gasteiger partial charge in [0, 0.05) is 18.8 Å². The Morgan fingerprint density at radius 1 is 1.03 bits per heavy atom. The van der Waals surface area contributed by atoms with Gasteiger partial charge in [0.2, 0.25) is 0 Å². The molecule has 3 saturated carbocycles. The first-order valence-electron chi connectivity index (χ1n) is 12.5. The van der Waals surface area contributed by atoms with Crippen molar-refractivity contribution in [2.45, 2.75) is 71.8 Å². The van der Waals surface area contributed by atoms with Crippen molar-refractivity contribution in [1.82, 2.24) is 0 Å². The maximum atomic E-state index is 13.6. The summed E-state index contributed by atoms with van der Waals surface area (Å²) in [6.07, 6.45) is 11.5. The smallest absolute Gasteiger partial charge is 0.302 e. The van der Waals surface area contributed by atoms with E-state index >= 15 is 0 Å². The number of methoxy groups -OCH3 is 1. The second-order valence-electron chi connectivity index (χ2n) is 11.2. The van der Waals surface area contributed by atoms with Crippen molar-refractivity contribution in [1.29, 1.82) is 0 Å². The van der Waals surface area contributed by atoms with E-state index in [9.17, 15) is 9.59 Å². The number of ether oxygens (including phenoxy) is 2. The Kier molecular flexibility index (Phi) is 5.54. The summed E-state index contributed by atoms with van der Waals surface area (Å²) >= 11 is 0. The molecule has 6 atom stereocenters. The highest BCUT2D eigenvalue weighted by molar-refractivity contribution is 6.06. The van der Waals surface area contributed by atoms with Crippen LogP contribution in [0, 0.1) is 28.6 Å². The fourth-order valence-corrected chi connectivity index (χ4v) is 7.66. The fraction of sp³-hybridized carbons (Fsp3) is 0.586. The number of fused-ring (bicyclic) bond motifs is 5. The van der Waals surface area contributed by atoms with Crippen LogP contribution >= 0.6 is 0 Å². The first kappa shape index (κ1) is 22.4. The van der Waals surface area contributed by atoms with Crippen LogP contribution in [0.25, 0.3) is 6.08 Å². The normalized spacial score (nSPS) is 38.7. The Balaban J connectivity index is 1.40. The van der Waals surface area contributed by atoms with E-state index in [1.807, 2.05) is 24.3 Å². The number of hydrogen-bond acceptors (Lipinski definition) is 4. The Bertz CT molecular complexity index is 1020. The van der Waals surface area contributed by atoms with Gasteiger partial charge in [-0.25, -0.2) is 0 Å². The largest absolute Gasteiger partial charge is 0.497 e. The fourth-order valence-electron chi connectivity index (χ4n) is 7.66. The molecule has 0 saturated heterocycles. The lowest BCUT2D eigenvalue weighted by molar-refractivity contribution is -0.148. The van der Waals surface area contributed by atoms with Crippen molar-refractivity contribution < 1.29 is 19.1 Å². The number of esters is 1. The van der Waals surface area contributed by atoms with Gasteiger partial charge < -0.3 is 9.47 Å². The molecule has 0 heterocycles. The molecule has 0 aliphatic heterocycles. The molecular formula is C29H36O4. The molecule has 1 aromatic rings. The van der Waals surface area contributed by atoms with Crippen molar-refractivity contribution >= 4 is 17.8 Å². The van der Waals surface area contributed by atoms with Crippen LogP contribution in [-0.2, 0) is 14.3 Å². The predicted octanol–water partition coefficient (Wildman–Crippen LogP) is 6.15. The van der Waals surface area contributed by atoms with Gasteiger partial charge in [0.1, 0.15) is 11.9 Å². The number of rotatable bonds is 3. The van der Waals surface area contributed by atoms with Crippen molar-refractivity contribution in [3.05, 3.63) is 47.1 Å². The number of ketones is 1. The third-order valence-electron chi connectivity index (χ3n) is 9.49. The summed E-state index contributed by atoms with van der Waals surface area (Å²) in [7, 11) is 1.67. The van der Waals surface area contributed by atoms with E-state index in [-0.39, 0.29) is 22.9 Å². The molecule has 4 nitrogen and oxygen atoms in total. The number of carbonyl (C=O) groups is 2. The lowest BCUT2D eigenvalue weighted by Crippen LogP contribution is -2.50. The molecule has 5 rings (SSSR count). The average Bonchev–Trinajstić information content (AvgIpc) is 3.04. The number of Topliss-reactive ketones (excluding diaryl/α,β-unsaturated/α-hetero) is 1. The number of benzene rings is 1. The summed E-state index contributed by atoms with van der Waals surface area (Å²) in [5, 5.41) is 0. The van der Waals surface area contributed by atoms with E-state index in [4.69, 9.17) is 9.47 Å². The highest BCUT2D eigenvalue weighted by Crippen LogP contribution is 2.64. The maximum Gasteiger partial charge on any atom is 0.302 e. The van der Waals surface area contributed by atoms with Gasteiger partial charge in [-0.3, -0.25) is 9.59 Å². The van der Waals surface area contributed by atoms with E-state index in [2.05, 4.69) is 26.0 Å². The van der Waals surface area contributed by atoms with Crippen LogP contribution in [0.4, 0.5) is 0 Å². The summed E-state index contributed by atoms with van der Waals surface area (Å²) in [4.78, 5) is 25.1. The molecule has 0 bridgehead atoms. The van der Waals surface area contributed by atoms with Gasteiger partial charge in [-0.15, -0.1) is 0 Å². The molecular weight excluding hydrogens is 412 g/mol. The van der Waals surface area contributed by atoms with Crippen LogP contribution in [0.3, 0.4) is 0 Å². The minimum Gasteiger partial charge on any atom is -0.497 e. The third-order valence-corrected chi connectivity index (χ3v) is 9.49. The van der Waals surface area contributed by atoms with Crippen LogP contribution in [0.5, 0.6) is 5.75 Å². The number of carbonyl (C=O) groups excluding carboxylic acids is 2. The zero-order chi connectivity index (χ0) is 23.4. The SMILES string of the molecule is COc1ccc(C=C2CC3C4CC=C5CC(OC(C)=O)CCC5(C)C4CCC3(C)C2=O)cc1. The molecule has 6 unspecified atom stereocenters. The van der Waals surface area contributed by atoms with Gasteiger partial charge in [-0.1, -0.05) is 37.6 Å². The molecule has 1 aromatic carbocycles. The van der Waals surface area contributed by atoms with Gasteiger partial charge in [0.15, 0.2) is 5.78 Å². The highest BCUT2D eigenvalue weighted by atomic mass is 16.5. The Hall–Kier alpha value is -2.36. The zero-order valence-electron chi connectivity index (χ0n) is 20.4. The summed E-state index contributed by atoms with van der Waals surface area (Å²) in [5.41, 5.74) is 3.48. The monoisotopic (exact) mass is 448 g/mol. The molecule has 0 aromatic heterocycles. The van der Waals surface area contributed by atoms with E-state index < -0.39 is 0 Å². The minimum atomic E-state index is -0.240. The van der Waals surface area contributed by atoms with Gasteiger partial charge in [0.25, 0.3) is 0 Å². The molecule has 3 fully saturated rings. The van der Waals surface area contributed by atoms with Gasteiger partial charge in [0.05, 0.1) is 7.11 Å². The van der Waals surface area contributed by atoms with Gasteiger partial charge in [-0.2, -0.15) is 0 Å². The second kappa shape index (κ2) is 8.14. The zero-order valence-corrected chi connectivity index (χ0v) is 20.4. The van der Waals surface area contributed by atoms with Gasteiger partial charge in [-0.05, 0) is 91.0 Å². The Morgan fingerprint density at radius 2 is 1.76 bits per heavy atom. The summed E-state index contributed by atoms with van der Waals surface area (Å²) in [6, 6.07) is 7.98. The van der Waals surface area contributed by atoms with Crippen molar-refractivity contribution in [3.8, 4) is 5.75 Å². The summed E-state index contributed by atoms with van der Waals surface area (Å²) in [6.45, 7) is 6.17. The first-order chi connectivity index (χ1) is 15.7. The molecule has 4 aliphatic rings. The highest BCUT2D eigenvalue weighted by Gasteiger charge is 2.60. The maximum absolute atomic E-state index is 13.6. The molecule has 0 amide bonds. The van der Waals surface area contributed by atoms with Crippen molar-refractivity contribution in [2.75, 3.05) is 7.11 Å². The Morgan fingerprint density at radius 3 is 2.45 bits per heavy atom. The summed E-state index contributed by atoms with van der Waals surface area (Å²) in [5.74, 6) is 2.59. The molecule has 0 N–H and O–H groups in total. The van der Waals surface area contributed by atoms with Crippen molar-refractivity contribution in [3.63, 3.8) is 0 Å². The van der Waals surface area contributed by atoms with Crippen LogP contribution in [-0.4, -0.2) is 25.0 Å². The average molecular weight is 449 g/mol. The molecule has 176 valence electrons. The number of allylic oxidation sites excluding steroid dienone is 2.